The zero-order valence-electron chi connectivity index (χ0n) is 11.0. The Morgan fingerprint density at radius 2 is 2.20 bits per heavy atom. The van der Waals surface area contributed by atoms with Crippen molar-refractivity contribution in [3.63, 3.8) is 0 Å². The predicted octanol–water partition coefficient (Wildman–Crippen LogP) is 0.447. The van der Waals surface area contributed by atoms with E-state index in [4.69, 9.17) is 10.5 Å². The molecule has 108 valence electrons. The van der Waals surface area contributed by atoms with E-state index in [0.717, 1.165) is 12.0 Å². The summed E-state index contributed by atoms with van der Waals surface area (Å²) in [5.41, 5.74) is 6.85. The molecule has 8 nitrogen and oxygen atoms in total. The Balaban J connectivity index is 2.31. The lowest BCUT2D eigenvalue weighted by molar-refractivity contribution is 0.401. The van der Waals surface area contributed by atoms with E-state index in [1.165, 1.54) is 13.2 Å². The van der Waals surface area contributed by atoms with Gasteiger partial charge in [-0.15, -0.1) is 0 Å². The maximum absolute atomic E-state index is 12.2. The second kappa shape index (κ2) is 5.47. The Morgan fingerprint density at radius 1 is 1.45 bits per heavy atom. The Labute approximate surface area is 116 Å². The maximum Gasteiger partial charge on any atom is 0.244 e. The van der Waals surface area contributed by atoms with Crippen LogP contribution in [0.2, 0.25) is 0 Å². The molecule has 0 bridgehead atoms. The van der Waals surface area contributed by atoms with E-state index in [1.807, 2.05) is 0 Å². The number of ether oxygens (including phenoxy) is 1. The molecule has 2 aromatic rings. The number of hydrogen-bond donors (Lipinski definition) is 2. The van der Waals surface area contributed by atoms with Gasteiger partial charge in [-0.05, 0) is 24.6 Å². The van der Waals surface area contributed by atoms with Crippen molar-refractivity contribution in [2.45, 2.75) is 18.4 Å². The summed E-state index contributed by atoms with van der Waals surface area (Å²) >= 11 is 0. The molecule has 0 aliphatic rings. The van der Waals surface area contributed by atoms with E-state index in [2.05, 4.69) is 19.4 Å². The molecule has 1 aromatic heterocycles. The van der Waals surface area contributed by atoms with Gasteiger partial charge in [0, 0.05) is 5.69 Å². The van der Waals surface area contributed by atoms with Gasteiger partial charge in [0.2, 0.25) is 16.4 Å². The highest BCUT2D eigenvalue weighted by atomic mass is 32.2. The molecular weight excluding hydrogens is 284 g/mol. The van der Waals surface area contributed by atoms with Gasteiger partial charge in [-0.1, -0.05) is 5.16 Å². The molecule has 0 unspecified atom stereocenters. The summed E-state index contributed by atoms with van der Waals surface area (Å²) in [5, 5.41) is 3.52. The SMILES string of the molecule is COc1cc(C)c(N)cc1S(=O)(=O)NCc1ncon1. The summed E-state index contributed by atoms with van der Waals surface area (Å²) in [6.07, 6.45) is 1.12. The molecule has 0 aliphatic heterocycles. The Morgan fingerprint density at radius 3 is 2.80 bits per heavy atom. The third-order valence-electron chi connectivity index (χ3n) is 2.67. The quantitative estimate of drug-likeness (QED) is 0.768. The van der Waals surface area contributed by atoms with Crippen LogP contribution in [0.15, 0.2) is 27.9 Å². The van der Waals surface area contributed by atoms with E-state index in [9.17, 15) is 8.42 Å². The van der Waals surface area contributed by atoms with Crippen molar-refractivity contribution in [3.8, 4) is 5.75 Å². The Kier molecular flexibility index (Phi) is 3.91. The molecule has 0 fully saturated rings. The minimum atomic E-state index is -3.80. The average molecular weight is 298 g/mol. The number of aryl methyl sites for hydroxylation is 1. The maximum atomic E-state index is 12.2. The summed E-state index contributed by atoms with van der Waals surface area (Å²) in [6, 6.07) is 2.92. The van der Waals surface area contributed by atoms with E-state index in [-0.39, 0.29) is 23.0 Å². The first-order valence-electron chi connectivity index (χ1n) is 5.63. The fourth-order valence-electron chi connectivity index (χ4n) is 1.55. The molecule has 20 heavy (non-hydrogen) atoms. The molecule has 0 radical (unpaired) electrons. The smallest absolute Gasteiger partial charge is 0.244 e. The van der Waals surface area contributed by atoms with Gasteiger partial charge in [-0.3, -0.25) is 0 Å². The van der Waals surface area contributed by atoms with Crippen LogP contribution in [-0.4, -0.2) is 25.7 Å². The average Bonchev–Trinajstić information content (AvgIpc) is 2.92. The summed E-state index contributed by atoms with van der Waals surface area (Å²) in [5.74, 6) is 0.449. The first kappa shape index (κ1) is 14.3. The monoisotopic (exact) mass is 298 g/mol. The van der Waals surface area contributed by atoms with Crippen LogP contribution in [0.1, 0.15) is 11.4 Å². The van der Waals surface area contributed by atoms with Gasteiger partial charge in [0.25, 0.3) is 0 Å². The lowest BCUT2D eigenvalue weighted by Gasteiger charge is -2.12. The predicted molar refractivity (Wildman–Crippen MR) is 70.5 cm³/mol. The van der Waals surface area contributed by atoms with Crippen LogP contribution in [0, 0.1) is 6.92 Å². The van der Waals surface area contributed by atoms with E-state index in [1.54, 1.807) is 13.0 Å². The highest BCUT2D eigenvalue weighted by Crippen LogP contribution is 2.28. The molecule has 1 aromatic carbocycles. The van der Waals surface area contributed by atoms with E-state index < -0.39 is 10.0 Å². The van der Waals surface area contributed by atoms with Crippen LogP contribution in [-0.2, 0) is 16.6 Å². The van der Waals surface area contributed by atoms with Crippen molar-refractivity contribution in [1.82, 2.24) is 14.9 Å². The number of hydrogen-bond acceptors (Lipinski definition) is 7. The highest BCUT2D eigenvalue weighted by molar-refractivity contribution is 7.89. The number of aromatic nitrogens is 2. The Hall–Kier alpha value is -2.13. The molecule has 0 atom stereocenters. The third kappa shape index (κ3) is 2.89. The fourth-order valence-corrected chi connectivity index (χ4v) is 2.72. The van der Waals surface area contributed by atoms with Crippen molar-refractivity contribution in [1.29, 1.82) is 0 Å². The normalized spacial score (nSPS) is 11.5. The highest BCUT2D eigenvalue weighted by Gasteiger charge is 2.21. The summed E-state index contributed by atoms with van der Waals surface area (Å²) in [7, 11) is -2.40. The van der Waals surface area contributed by atoms with Crippen LogP contribution in [0.5, 0.6) is 5.75 Å². The Bertz CT molecular complexity index is 697. The molecule has 0 spiro atoms. The molecule has 1 heterocycles. The largest absolute Gasteiger partial charge is 0.495 e. The minimum absolute atomic E-state index is 0.0356. The first-order valence-corrected chi connectivity index (χ1v) is 7.11. The number of nitrogen functional groups attached to an aromatic ring is 1. The van der Waals surface area contributed by atoms with Gasteiger partial charge in [-0.25, -0.2) is 13.1 Å². The number of benzene rings is 1. The number of nitrogens with zero attached hydrogens (tertiary/aromatic N) is 2. The second-order valence-corrected chi connectivity index (χ2v) is 5.77. The number of methoxy groups -OCH3 is 1. The van der Waals surface area contributed by atoms with Crippen molar-refractivity contribution in [2.75, 3.05) is 12.8 Å². The lowest BCUT2D eigenvalue weighted by atomic mass is 10.2. The summed E-state index contributed by atoms with van der Waals surface area (Å²) in [4.78, 5) is 3.69. The van der Waals surface area contributed by atoms with Crippen molar-refractivity contribution in [2.24, 2.45) is 0 Å². The van der Waals surface area contributed by atoms with Crippen LogP contribution in [0.4, 0.5) is 5.69 Å². The van der Waals surface area contributed by atoms with Crippen LogP contribution < -0.4 is 15.2 Å². The van der Waals surface area contributed by atoms with Gasteiger partial charge in [0.05, 0.1) is 13.7 Å². The summed E-state index contributed by atoms with van der Waals surface area (Å²) < 4.78 is 36.4. The summed E-state index contributed by atoms with van der Waals surface area (Å²) in [6.45, 7) is 1.68. The standard InChI is InChI=1S/C11H14N4O4S/c1-7-3-9(18-2)10(4-8(7)12)20(16,17)14-5-11-13-6-19-15-11/h3-4,6,14H,5,12H2,1-2H3. The van der Waals surface area contributed by atoms with Crippen LogP contribution >= 0.6 is 0 Å². The number of rotatable bonds is 5. The topological polar surface area (TPSA) is 120 Å². The van der Waals surface area contributed by atoms with Gasteiger partial charge >= 0.3 is 0 Å². The van der Waals surface area contributed by atoms with Gasteiger partial charge in [0.15, 0.2) is 5.82 Å². The minimum Gasteiger partial charge on any atom is -0.495 e. The number of anilines is 1. The van der Waals surface area contributed by atoms with Crippen molar-refractivity contribution in [3.05, 3.63) is 29.9 Å². The van der Waals surface area contributed by atoms with Crippen LogP contribution in [0.25, 0.3) is 0 Å². The molecule has 9 heteroatoms. The lowest BCUT2D eigenvalue weighted by Crippen LogP contribution is -2.24. The molecule has 0 amide bonds. The number of nitrogens with two attached hydrogens (primary N) is 1. The van der Waals surface area contributed by atoms with Crippen molar-refractivity contribution < 1.29 is 17.7 Å². The molecule has 3 N–H and O–H groups in total. The number of nitrogens with one attached hydrogen (secondary N) is 1. The number of sulfonamides is 1. The van der Waals surface area contributed by atoms with Crippen molar-refractivity contribution >= 4 is 15.7 Å². The molecular formula is C11H14N4O4S. The molecule has 0 aliphatic carbocycles. The molecule has 0 saturated heterocycles. The molecule has 2 rings (SSSR count). The second-order valence-electron chi connectivity index (χ2n) is 4.03. The van der Waals surface area contributed by atoms with Gasteiger partial charge in [-0.2, -0.15) is 4.98 Å². The van der Waals surface area contributed by atoms with E-state index >= 15 is 0 Å². The first-order chi connectivity index (χ1) is 9.44. The fraction of sp³-hybridized carbons (Fsp3) is 0.273. The molecule has 0 saturated carbocycles. The third-order valence-corrected chi connectivity index (χ3v) is 4.09. The van der Waals surface area contributed by atoms with E-state index in [0.29, 0.717) is 5.69 Å². The zero-order valence-corrected chi connectivity index (χ0v) is 11.8. The van der Waals surface area contributed by atoms with Gasteiger partial charge in [0.1, 0.15) is 10.6 Å². The zero-order chi connectivity index (χ0) is 14.8. The van der Waals surface area contributed by atoms with Crippen LogP contribution in [0.3, 0.4) is 0 Å². The van der Waals surface area contributed by atoms with Gasteiger partial charge < -0.3 is 15.0 Å².